The average Bonchev–Trinajstić information content (AvgIpc) is 2.36. The zero-order chi connectivity index (χ0) is 14.3. The molecular formula is C13H14F3NO2. The van der Waals surface area contributed by atoms with Gasteiger partial charge in [0.25, 0.3) is 0 Å². The zero-order valence-corrected chi connectivity index (χ0v) is 10.3. The molecule has 104 valence electrons. The van der Waals surface area contributed by atoms with Crippen molar-refractivity contribution in [3.05, 3.63) is 23.8 Å². The van der Waals surface area contributed by atoms with E-state index in [1.807, 2.05) is 0 Å². The van der Waals surface area contributed by atoms with Gasteiger partial charge in [-0.05, 0) is 25.1 Å². The van der Waals surface area contributed by atoms with Crippen LogP contribution in [-0.2, 0) is 6.18 Å². The minimum absolute atomic E-state index is 0.0494. The molecule has 0 unspecified atom stereocenters. The van der Waals surface area contributed by atoms with E-state index in [1.54, 1.807) is 6.92 Å². The first-order valence-corrected chi connectivity index (χ1v) is 5.57. The number of aliphatic hydroxyl groups is 1. The van der Waals surface area contributed by atoms with Crippen molar-refractivity contribution in [1.29, 1.82) is 0 Å². The predicted octanol–water partition coefficient (Wildman–Crippen LogP) is 2.51. The van der Waals surface area contributed by atoms with Gasteiger partial charge in [-0.1, -0.05) is 5.92 Å². The van der Waals surface area contributed by atoms with Gasteiger partial charge >= 0.3 is 6.18 Å². The number of hydrogen-bond acceptors (Lipinski definition) is 3. The van der Waals surface area contributed by atoms with Crippen LogP contribution in [0.3, 0.4) is 0 Å². The summed E-state index contributed by atoms with van der Waals surface area (Å²) in [4.78, 5) is 0. The van der Waals surface area contributed by atoms with Crippen LogP contribution in [0.15, 0.2) is 18.2 Å². The lowest BCUT2D eigenvalue weighted by atomic mass is 10.1. The maximum Gasteiger partial charge on any atom is 0.418 e. The molecular weight excluding hydrogens is 259 g/mol. The molecule has 19 heavy (non-hydrogen) atoms. The summed E-state index contributed by atoms with van der Waals surface area (Å²) in [5.74, 6) is 5.28. The number of rotatable bonds is 5. The summed E-state index contributed by atoms with van der Waals surface area (Å²) in [6, 6.07) is 3.59. The molecule has 0 bridgehead atoms. The number of aliphatic hydroxyl groups excluding tert-OH is 1. The van der Waals surface area contributed by atoms with Gasteiger partial charge < -0.3 is 15.2 Å². The van der Waals surface area contributed by atoms with Crippen LogP contribution in [0.25, 0.3) is 0 Å². The molecule has 0 spiro atoms. The summed E-state index contributed by atoms with van der Waals surface area (Å²) < 4.78 is 43.6. The van der Waals surface area contributed by atoms with E-state index in [2.05, 4.69) is 17.2 Å². The van der Waals surface area contributed by atoms with E-state index in [9.17, 15) is 13.2 Å². The lowest BCUT2D eigenvalue weighted by Gasteiger charge is -2.15. The SMILES string of the molecule is CC#CCNc1ccc(OCCO)cc1C(F)(F)F. The summed E-state index contributed by atoms with van der Waals surface area (Å²) in [5, 5.41) is 11.2. The van der Waals surface area contributed by atoms with Gasteiger partial charge in [-0.3, -0.25) is 0 Å². The zero-order valence-electron chi connectivity index (χ0n) is 10.3. The van der Waals surface area contributed by atoms with Crippen molar-refractivity contribution in [3.8, 4) is 17.6 Å². The number of benzene rings is 1. The molecule has 0 radical (unpaired) electrons. The van der Waals surface area contributed by atoms with Crippen LogP contribution in [0.1, 0.15) is 12.5 Å². The van der Waals surface area contributed by atoms with Crippen molar-refractivity contribution < 1.29 is 23.0 Å². The summed E-state index contributed by atoms with van der Waals surface area (Å²) in [6.45, 7) is 1.44. The second-order valence-corrected chi connectivity index (χ2v) is 3.56. The Kier molecular flexibility index (Phi) is 5.52. The molecule has 0 aromatic heterocycles. The summed E-state index contributed by atoms with van der Waals surface area (Å²) in [7, 11) is 0. The first kappa shape index (κ1) is 15.2. The monoisotopic (exact) mass is 273 g/mol. The van der Waals surface area contributed by atoms with Gasteiger partial charge in [0.05, 0.1) is 18.7 Å². The van der Waals surface area contributed by atoms with Crippen molar-refractivity contribution in [1.82, 2.24) is 0 Å². The highest BCUT2D eigenvalue weighted by Crippen LogP contribution is 2.37. The van der Waals surface area contributed by atoms with Gasteiger partial charge in [0.2, 0.25) is 0 Å². The quantitative estimate of drug-likeness (QED) is 0.810. The smallest absolute Gasteiger partial charge is 0.418 e. The van der Waals surface area contributed by atoms with Crippen LogP contribution < -0.4 is 10.1 Å². The molecule has 0 aliphatic heterocycles. The largest absolute Gasteiger partial charge is 0.491 e. The van der Waals surface area contributed by atoms with E-state index in [4.69, 9.17) is 9.84 Å². The summed E-state index contributed by atoms with van der Waals surface area (Å²) >= 11 is 0. The van der Waals surface area contributed by atoms with Crippen molar-refractivity contribution in [2.75, 3.05) is 25.1 Å². The van der Waals surface area contributed by atoms with Gasteiger partial charge in [0.1, 0.15) is 12.4 Å². The molecule has 1 aromatic rings. The first-order valence-electron chi connectivity index (χ1n) is 5.57. The van der Waals surface area contributed by atoms with Crippen LogP contribution in [0, 0.1) is 11.8 Å². The standard InChI is InChI=1S/C13H14F3NO2/c1-2-3-6-17-12-5-4-10(19-8-7-18)9-11(12)13(14,15)16/h4-5,9,17-18H,6-8H2,1H3. The molecule has 1 aromatic carbocycles. The highest BCUT2D eigenvalue weighted by molar-refractivity contribution is 5.56. The maximum atomic E-state index is 12.9. The van der Waals surface area contributed by atoms with E-state index in [1.165, 1.54) is 12.1 Å². The molecule has 0 amide bonds. The third-order valence-corrected chi connectivity index (χ3v) is 2.20. The number of alkyl halides is 3. The van der Waals surface area contributed by atoms with Crippen molar-refractivity contribution in [2.45, 2.75) is 13.1 Å². The van der Waals surface area contributed by atoms with E-state index < -0.39 is 11.7 Å². The number of halogens is 3. The molecule has 2 N–H and O–H groups in total. The molecule has 3 nitrogen and oxygen atoms in total. The fourth-order valence-electron chi connectivity index (χ4n) is 1.39. The number of hydrogen-bond donors (Lipinski definition) is 2. The van der Waals surface area contributed by atoms with Crippen molar-refractivity contribution >= 4 is 5.69 Å². The lowest BCUT2D eigenvalue weighted by Crippen LogP contribution is -2.12. The van der Waals surface area contributed by atoms with Gasteiger partial charge in [-0.15, -0.1) is 5.92 Å². The molecule has 0 heterocycles. The Morgan fingerprint density at radius 2 is 2.11 bits per heavy atom. The number of ether oxygens (including phenoxy) is 1. The Balaban J connectivity index is 2.98. The topological polar surface area (TPSA) is 41.5 Å². The predicted molar refractivity (Wildman–Crippen MR) is 66.0 cm³/mol. The van der Waals surface area contributed by atoms with E-state index >= 15 is 0 Å². The van der Waals surface area contributed by atoms with Crippen LogP contribution in [0.5, 0.6) is 5.75 Å². The third kappa shape index (κ3) is 4.72. The average molecular weight is 273 g/mol. The minimum Gasteiger partial charge on any atom is -0.491 e. The summed E-state index contributed by atoms with van der Waals surface area (Å²) in [5.41, 5.74) is -0.868. The minimum atomic E-state index is -4.49. The second-order valence-electron chi connectivity index (χ2n) is 3.56. The fourth-order valence-corrected chi connectivity index (χ4v) is 1.39. The Hall–Kier alpha value is -1.87. The lowest BCUT2D eigenvalue weighted by molar-refractivity contribution is -0.137. The highest BCUT2D eigenvalue weighted by Gasteiger charge is 2.34. The molecule has 0 aliphatic rings. The molecule has 1 rings (SSSR count). The van der Waals surface area contributed by atoms with Crippen molar-refractivity contribution in [3.63, 3.8) is 0 Å². The molecule has 0 saturated carbocycles. The first-order chi connectivity index (χ1) is 8.99. The Bertz CT molecular complexity index is 475. The van der Waals surface area contributed by atoms with Crippen LogP contribution >= 0.6 is 0 Å². The van der Waals surface area contributed by atoms with Gasteiger partial charge in [0, 0.05) is 5.69 Å². The number of anilines is 1. The molecule has 6 heteroatoms. The van der Waals surface area contributed by atoms with E-state index in [0.717, 1.165) is 6.07 Å². The van der Waals surface area contributed by atoms with Crippen LogP contribution in [0.4, 0.5) is 18.9 Å². The van der Waals surface area contributed by atoms with Gasteiger partial charge in [-0.25, -0.2) is 0 Å². The van der Waals surface area contributed by atoms with Crippen LogP contribution in [0.2, 0.25) is 0 Å². The Morgan fingerprint density at radius 3 is 2.68 bits per heavy atom. The Labute approximate surface area is 109 Å². The normalized spacial score (nSPS) is 10.6. The molecule has 0 aliphatic carbocycles. The number of nitrogens with one attached hydrogen (secondary N) is 1. The van der Waals surface area contributed by atoms with Crippen LogP contribution in [-0.4, -0.2) is 24.9 Å². The van der Waals surface area contributed by atoms with E-state index in [0.29, 0.717) is 0 Å². The third-order valence-electron chi connectivity index (χ3n) is 2.20. The maximum absolute atomic E-state index is 12.9. The van der Waals surface area contributed by atoms with Gasteiger partial charge in [0.15, 0.2) is 0 Å². The fraction of sp³-hybridized carbons (Fsp3) is 0.385. The molecule has 0 atom stereocenters. The Morgan fingerprint density at radius 1 is 1.37 bits per heavy atom. The molecule has 0 fully saturated rings. The van der Waals surface area contributed by atoms with Crippen molar-refractivity contribution in [2.24, 2.45) is 0 Å². The van der Waals surface area contributed by atoms with Gasteiger partial charge in [-0.2, -0.15) is 13.2 Å². The van der Waals surface area contributed by atoms with E-state index in [-0.39, 0.29) is 31.2 Å². The highest BCUT2D eigenvalue weighted by atomic mass is 19.4. The summed E-state index contributed by atoms with van der Waals surface area (Å²) in [6.07, 6.45) is -4.49. The second kappa shape index (κ2) is 6.90. The molecule has 0 saturated heterocycles.